The molecule has 1 aromatic heterocycles. The van der Waals surface area contributed by atoms with Crippen molar-refractivity contribution >= 4 is 40.5 Å². The van der Waals surface area contributed by atoms with Gasteiger partial charge in [-0.15, -0.1) is 0 Å². The highest BCUT2D eigenvalue weighted by molar-refractivity contribution is 6.31. The van der Waals surface area contributed by atoms with Gasteiger partial charge in [0.05, 0.1) is 17.1 Å². The number of hydrogen-bond donors (Lipinski definition) is 4. The van der Waals surface area contributed by atoms with Crippen molar-refractivity contribution in [1.29, 1.82) is 0 Å². The van der Waals surface area contributed by atoms with E-state index in [2.05, 4.69) is 16.5 Å². The standard InChI is InChI=1S/C14H16ClN3O2.2C2HF3O2/c1-2-7-20-13(19)6-4-10(16)14-17-11-5-3-9(15)8-12(11)18-14;2*3-2(4,5)1(6)7/h2-3,5,8,10H,1,4,6-7,16H2,(H,17,18);2*(H,6,7)/t10-;;/m0../s1. The van der Waals surface area contributed by atoms with Crippen molar-refractivity contribution in [2.45, 2.75) is 31.2 Å². The second kappa shape index (κ2) is 13.4. The smallest absolute Gasteiger partial charge is 0.475 e. The van der Waals surface area contributed by atoms with Crippen LogP contribution < -0.4 is 5.73 Å². The Hall–Kier alpha value is -3.33. The zero-order valence-electron chi connectivity index (χ0n) is 16.9. The van der Waals surface area contributed by atoms with Crippen molar-refractivity contribution in [2.24, 2.45) is 5.73 Å². The first-order valence-electron chi connectivity index (χ1n) is 8.76. The number of alkyl halides is 6. The molecule has 1 atom stereocenters. The van der Waals surface area contributed by atoms with Gasteiger partial charge in [0, 0.05) is 11.4 Å². The number of halogens is 7. The Morgan fingerprint density at radius 3 is 2.09 bits per heavy atom. The zero-order chi connectivity index (χ0) is 26.7. The van der Waals surface area contributed by atoms with Gasteiger partial charge in [0.1, 0.15) is 12.4 Å². The summed E-state index contributed by atoms with van der Waals surface area (Å²) in [5, 5.41) is 14.9. The molecule has 9 nitrogen and oxygen atoms in total. The number of aliphatic carboxylic acids is 2. The molecular weight excluding hydrogens is 504 g/mol. The third-order valence-corrected chi connectivity index (χ3v) is 3.56. The fraction of sp³-hybridized carbons (Fsp3) is 0.333. The maximum Gasteiger partial charge on any atom is 0.490 e. The Bertz CT molecular complexity index is 969. The highest BCUT2D eigenvalue weighted by Crippen LogP contribution is 2.21. The van der Waals surface area contributed by atoms with Crippen LogP contribution in [0.4, 0.5) is 26.3 Å². The number of nitrogens with two attached hydrogens (primary N) is 1. The van der Waals surface area contributed by atoms with Gasteiger partial charge < -0.3 is 25.7 Å². The van der Waals surface area contributed by atoms with Crippen LogP contribution in [0, 0.1) is 0 Å². The van der Waals surface area contributed by atoms with Crippen molar-refractivity contribution in [3.63, 3.8) is 0 Å². The van der Waals surface area contributed by atoms with Crippen LogP contribution in [0.3, 0.4) is 0 Å². The Balaban J connectivity index is 0.000000642. The molecular formula is C18H18ClF6N3O6. The van der Waals surface area contributed by atoms with Gasteiger partial charge >= 0.3 is 30.3 Å². The van der Waals surface area contributed by atoms with Gasteiger partial charge in [0.25, 0.3) is 0 Å². The maximum atomic E-state index is 11.4. The van der Waals surface area contributed by atoms with E-state index in [4.69, 9.17) is 41.9 Å². The minimum atomic E-state index is -5.08. The van der Waals surface area contributed by atoms with Crippen LogP contribution in [-0.4, -0.2) is 57.0 Å². The average Bonchev–Trinajstić information content (AvgIpc) is 3.13. The van der Waals surface area contributed by atoms with Crippen molar-refractivity contribution in [3.05, 3.63) is 41.7 Å². The van der Waals surface area contributed by atoms with Crippen LogP contribution in [0.15, 0.2) is 30.9 Å². The minimum absolute atomic E-state index is 0.219. The molecule has 2 aromatic rings. The van der Waals surface area contributed by atoms with Crippen molar-refractivity contribution < 1.29 is 55.7 Å². The fourth-order valence-electron chi connectivity index (χ4n) is 1.81. The normalized spacial score (nSPS) is 11.9. The number of carbonyl (C=O) groups excluding carboxylic acids is 1. The summed E-state index contributed by atoms with van der Waals surface area (Å²) in [6.07, 6.45) is -7.93. The van der Waals surface area contributed by atoms with Gasteiger partial charge in [-0.2, -0.15) is 26.3 Å². The van der Waals surface area contributed by atoms with E-state index in [1.165, 1.54) is 6.08 Å². The lowest BCUT2D eigenvalue weighted by Gasteiger charge is -2.07. The molecule has 1 aromatic carbocycles. The van der Waals surface area contributed by atoms with Gasteiger partial charge in [-0.25, -0.2) is 14.6 Å². The quantitative estimate of drug-likeness (QED) is 0.252. The summed E-state index contributed by atoms with van der Waals surface area (Å²) in [4.78, 5) is 36.7. The molecule has 0 spiro atoms. The lowest BCUT2D eigenvalue weighted by atomic mass is 10.1. The third-order valence-electron chi connectivity index (χ3n) is 3.32. The number of H-pyrrole nitrogens is 1. The van der Waals surface area contributed by atoms with Crippen LogP contribution >= 0.6 is 11.6 Å². The minimum Gasteiger partial charge on any atom is -0.475 e. The molecule has 0 radical (unpaired) electrons. The summed E-state index contributed by atoms with van der Waals surface area (Å²) >= 11 is 5.91. The zero-order valence-corrected chi connectivity index (χ0v) is 17.7. The van der Waals surface area contributed by atoms with Gasteiger partial charge in [-0.1, -0.05) is 24.3 Å². The summed E-state index contributed by atoms with van der Waals surface area (Å²) in [6, 6.07) is 5.03. The number of nitrogens with zero attached hydrogens (tertiary/aromatic N) is 1. The summed E-state index contributed by atoms with van der Waals surface area (Å²) < 4.78 is 68.4. The molecule has 34 heavy (non-hydrogen) atoms. The predicted molar refractivity (Wildman–Crippen MR) is 106 cm³/mol. The van der Waals surface area contributed by atoms with E-state index in [9.17, 15) is 31.1 Å². The summed E-state index contributed by atoms with van der Waals surface area (Å²) in [6.45, 7) is 3.70. The number of aromatic nitrogens is 2. The second-order valence-electron chi connectivity index (χ2n) is 6.01. The predicted octanol–water partition coefficient (Wildman–Crippen LogP) is 3.99. The monoisotopic (exact) mass is 521 g/mol. The lowest BCUT2D eigenvalue weighted by Crippen LogP contribution is -2.21. The van der Waals surface area contributed by atoms with E-state index >= 15 is 0 Å². The number of benzene rings is 1. The number of carboxylic acids is 2. The van der Waals surface area contributed by atoms with Crippen LogP contribution in [0.1, 0.15) is 24.7 Å². The Morgan fingerprint density at radius 1 is 1.15 bits per heavy atom. The number of ether oxygens (including phenoxy) is 1. The van der Waals surface area contributed by atoms with Gasteiger partial charge in [-0.05, 0) is 24.6 Å². The number of nitrogens with one attached hydrogen (secondary N) is 1. The van der Waals surface area contributed by atoms with Gasteiger partial charge in [0.2, 0.25) is 0 Å². The number of fused-ring (bicyclic) bond motifs is 1. The Kier molecular flexibility index (Phi) is 12.1. The number of aromatic amines is 1. The topological polar surface area (TPSA) is 156 Å². The lowest BCUT2D eigenvalue weighted by molar-refractivity contribution is -0.193. The Morgan fingerprint density at radius 2 is 1.65 bits per heavy atom. The second-order valence-corrected chi connectivity index (χ2v) is 6.44. The molecule has 1 heterocycles. The molecule has 0 saturated heterocycles. The molecule has 0 amide bonds. The number of rotatable bonds is 6. The van der Waals surface area contributed by atoms with E-state index < -0.39 is 24.3 Å². The number of esters is 1. The number of carbonyl (C=O) groups is 3. The summed E-state index contributed by atoms with van der Waals surface area (Å²) in [7, 11) is 0. The van der Waals surface area contributed by atoms with E-state index in [1.54, 1.807) is 12.1 Å². The van der Waals surface area contributed by atoms with Crippen LogP contribution in [-0.2, 0) is 19.1 Å². The van der Waals surface area contributed by atoms with E-state index in [0.717, 1.165) is 11.0 Å². The van der Waals surface area contributed by atoms with E-state index in [1.807, 2.05) is 6.07 Å². The van der Waals surface area contributed by atoms with Crippen LogP contribution in [0.2, 0.25) is 5.02 Å². The first kappa shape index (κ1) is 30.7. The van der Waals surface area contributed by atoms with Crippen molar-refractivity contribution in [2.75, 3.05) is 6.61 Å². The maximum absolute atomic E-state index is 11.4. The van der Waals surface area contributed by atoms with Crippen LogP contribution in [0.25, 0.3) is 11.0 Å². The molecule has 0 aliphatic heterocycles. The molecule has 0 aliphatic carbocycles. The number of carboxylic acid groups (broad SMARTS) is 2. The highest BCUT2D eigenvalue weighted by atomic mass is 35.5. The largest absolute Gasteiger partial charge is 0.490 e. The molecule has 0 unspecified atom stereocenters. The summed E-state index contributed by atoms with van der Waals surface area (Å²) in [5.41, 5.74) is 7.65. The molecule has 0 bridgehead atoms. The van der Waals surface area contributed by atoms with E-state index in [-0.39, 0.29) is 25.0 Å². The Labute approximate surface area is 192 Å². The number of hydrogen-bond acceptors (Lipinski definition) is 6. The molecule has 2 rings (SSSR count). The van der Waals surface area contributed by atoms with Gasteiger partial charge in [-0.3, -0.25) is 4.79 Å². The van der Waals surface area contributed by atoms with Crippen LogP contribution in [0.5, 0.6) is 0 Å². The molecule has 190 valence electrons. The first-order chi connectivity index (χ1) is 15.5. The molecule has 0 fully saturated rings. The molecule has 0 saturated carbocycles. The summed E-state index contributed by atoms with van der Waals surface area (Å²) in [5.74, 6) is -5.17. The van der Waals surface area contributed by atoms with Crippen molar-refractivity contribution in [3.8, 4) is 0 Å². The molecule has 16 heteroatoms. The molecule has 0 aliphatic rings. The van der Waals surface area contributed by atoms with Gasteiger partial charge in [0.15, 0.2) is 0 Å². The fourth-order valence-corrected chi connectivity index (χ4v) is 1.98. The average molecular weight is 522 g/mol. The third kappa shape index (κ3) is 12.1. The number of imidazole rings is 1. The first-order valence-corrected chi connectivity index (χ1v) is 9.14. The highest BCUT2D eigenvalue weighted by Gasteiger charge is 2.38. The molecule has 5 N–H and O–H groups in total. The SMILES string of the molecule is C=CCOC(=O)CC[C@H](N)c1nc2ccc(Cl)cc2[nH]1.O=C(O)C(F)(F)F.O=C(O)C(F)(F)F. The van der Waals surface area contributed by atoms with Crippen molar-refractivity contribution in [1.82, 2.24) is 9.97 Å². The van der Waals surface area contributed by atoms with E-state index in [0.29, 0.717) is 17.3 Å².